The first-order valence-electron chi connectivity index (χ1n) is 14.5. The minimum Gasteiger partial charge on any atom is -0.493 e. The third-order valence-corrected chi connectivity index (χ3v) is 8.45. The molecule has 7 heteroatoms. The van der Waals surface area contributed by atoms with Gasteiger partial charge in [-0.15, -0.1) is 0 Å². The fourth-order valence-electron chi connectivity index (χ4n) is 5.93. The first-order chi connectivity index (χ1) is 19.9. The van der Waals surface area contributed by atoms with Crippen LogP contribution in [0.15, 0.2) is 72.8 Å². The summed E-state index contributed by atoms with van der Waals surface area (Å²) in [4.78, 5) is 28.9. The third-order valence-electron chi connectivity index (χ3n) is 8.45. The Morgan fingerprint density at radius 1 is 0.976 bits per heavy atom. The number of nitrogens with zero attached hydrogens (tertiary/aromatic N) is 3. The molecule has 1 fully saturated rings. The lowest BCUT2D eigenvalue weighted by Gasteiger charge is -2.29. The van der Waals surface area contributed by atoms with E-state index < -0.39 is 0 Å². The minimum absolute atomic E-state index is 0.0572. The van der Waals surface area contributed by atoms with Crippen LogP contribution < -0.4 is 9.47 Å². The Kier molecular flexibility index (Phi) is 8.72. The molecule has 5 rings (SSSR count). The molecular weight excluding hydrogens is 514 g/mol. The van der Waals surface area contributed by atoms with Crippen LogP contribution in [0.4, 0.5) is 0 Å². The van der Waals surface area contributed by atoms with Crippen molar-refractivity contribution >= 4 is 17.4 Å². The van der Waals surface area contributed by atoms with E-state index in [1.54, 1.807) is 14.2 Å². The quantitative estimate of drug-likeness (QED) is 0.315. The maximum Gasteiger partial charge on any atom is 0.274 e. The molecule has 0 bridgehead atoms. The van der Waals surface area contributed by atoms with Crippen LogP contribution in [-0.4, -0.2) is 53.2 Å². The second kappa shape index (κ2) is 12.6. The van der Waals surface area contributed by atoms with Crippen LogP contribution in [0.2, 0.25) is 0 Å². The monoisotopic (exact) mass is 553 g/mol. The number of fused-ring (bicyclic) bond motifs is 1. The van der Waals surface area contributed by atoms with Crippen LogP contribution in [-0.2, 0) is 6.42 Å². The van der Waals surface area contributed by atoms with E-state index in [1.807, 2.05) is 76.3 Å². The van der Waals surface area contributed by atoms with E-state index in [4.69, 9.17) is 14.6 Å². The number of ketones is 1. The predicted octanol–water partition coefficient (Wildman–Crippen LogP) is 6.44. The third kappa shape index (κ3) is 6.14. The summed E-state index contributed by atoms with van der Waals surface area (Å²) in [5.41, 5.74) is 3.98. The number of Topliss-reactive ketones (excluding diaryl/α,β-unsaturated/α-hetero) is 1. The van der Waals surface area contributed by atoms with Crippen molar-refractivity contribution in [2.75, 3.05) is 20.8 Å². The van der Waals surface area contributed by atoms with Crippen LogP contribution >= 0.6 is 0 Å². The maximum absolute atomic E-state index is 14.0. The number of amides is 1. The van der Waals surface area contributed by atoms with Gasteiger partial charge in [-0.05, 0) is 74.8 Å². The SMILES string of the molecule is COc1ccc(/C2=C/C=C\CCc3cc(C(=O)N4C[C@H](C)C(CC(=O)c5ccccc5)CC[C@@H]4C)nn32)cc1OC. The van der Waals surface area contributed by atoms with E-state index in [2.05, 4.69) is 19.9 Å². The molecule has 0 spiro atoms. The van der Waals surface area contributed by atoms with Gasteiger partial charge in [-0.1, -0.05) is 49.4 Å². The summed E-state index contributed by atoms with van der Waals surface area (Å²) < 4.78 is 12.9. The van der Waals surface area contributed by atoms with Crippen molar-refractivity contribution in [3.05, 3.63) is 95.3 Å². The van der Waals surface area contributed by atoms with Crippen molar-refractivity contribution in [3.63, 3.8) is 0 Å². The average Bonchev–Trinajstić information content (AvgIpc) is 3.34. The molecule has 0 aliphatic carbocycles. The average molecular weight is 554 g/mol. The molecule has 2 aromatic carbocycles. The number of hydrogen-bond acceptors (Lipinski definition) is 5. The zero-order chi connectivity index (χ0) is 28.9. The van der Waals surface area contributed by atoms with E-state index in [9.17, 15) is 9.59 Å². The molecule has 0 saturated carbocycles. The van der Waals surface area contributed by atoms with Crippen molar-refractivity contribution in [1.82, 2.24) is 14.7 Å². The number of carbonyl (C=O) groups excluding carboxylic acids is 2. The van der Waals surface area contributed by atoms with Gasteiger partial charge in [-0.3, -0.25) is 9.59 Å². The summed E-state index contributed by atoms with van der Waals surface area (Å²) in [6, 6.07) is 17.3. The molecule has 214 valence electrons. The van der Waals surface area contributed by atoms with Gasteiger partial charge in [0.15, 0.2) is 23.0 Å². The zero-order valence-corrected chi connectivity index (χ0v) is 24.4. The van der Waals surface area contributed by atoms with Gasteiger partial charge in [0, 0.05) is 35.8 Å². The highest BCUT2D eigenvalue weighted by atomic mass is 16.5. The zero-order valence-electron chi connectivity index (χ0n) is 24.4. The Bertz CT molecular complexity index is 1460. The van der Waals surface area contributed by atoms with Gasteiger partial charge in [0.2, 0.25) is 0 Å². The second-order valence-corrected chi connectivity index (χ2v) is 11.1. The molecule has 1 aromatic heterocycles. The number of allylic oxidation sites excluding steroid dienone is 3. The van der Waals surface area contributed by atoms with Crippen molar-refractivity contribution < 1.29 is 19.1 Å². The summed E-state index contributed by atoms with van der Waals surface area (Å²) in [6.07, 6.45) is 10.1. The number of benzene rings is 2. The summed E-state index contributed by atoms with van der Waals surface area (Å²) in [6.45, 7) is 4.88. The molecular formula is C34H39N3O4. The van der Waals surface area contributed by atoms with Gasteiger partial charge in [0.25, 0.3) is 5.91 Å². The Morgan fingerprint density at radius 3 is 2.51 bits per heavy atom. The number of carbonyl (C=O) groups is 2. The fraction of sp³-hybridized carbons (Fsp3) is 0.382. The van der Waals surface area contributed by atoms with Crippen LogP contribution in [0, 0.1) is 11.8 Å². The highest BCUT2D eigenvalue weighted by Gasteiger charge is 2.33. The number of aryl methyl sites for hydroxylation is 1. The minimum atomic E-state index is -0.0572. The topological polar surface area (TPSA) is 73.7 Å². The molecule has 2 aliphatic heterocycles. The van der Waals surface area contributed by atoms with Gasteiger partial charge in [0.1, 0.15) is 0 Å². The molecule has 3 aromatic rings. The Labute approximate surface area is 242 Å². The van der Waals surface area contributed by atoms with Crippen LogP contribution in [0.25, 0.3) is 5.70 Å². The highest BCUT2D eigenvalue weighted by Crippen LogP contribution is 2.33. The van der Waals surface area contributed by atoms with Crippen LogP contribution in [0.5, 0.6) is 11.5 Å². The molecule has 1 unspecified atom stereocenters. The van der Waals surface area contributed by atoms with E-state index in [1.165, 1.54) is 0 Å². The van der Waals surface area contributed by atoms with Crippen LogP contribution in [0.3, 0.4) is 0 Å². The molecule has 3 heterocycles. The van der Waals surface area contributed by atoms with E-state index in [-0.39, 0.29) is 29.6 Å². The smallest absolute Gasteiger partial charge is 0.274 e. The Morgan fingerprint density at radius 2 is 1.76 bits per heavy atom. The summed E-state index contributed by atoms with van der Waals surface area (Å²) in [5, 5.41) is 4.88. The second-order valence-electron chi connectivity index (χ2n) is 11.1. The molecule has 1 amide bonds. The van der Waals surface area contributed by atoms with Gasteiger partial charge < -0.3 is 14.4 Å². The standard InChI is InChI=1S/C34H39N3O4/c1-23-22-36(24(2)15-16-26(23)19-31(38)25-11-7-5-8-12-25)34(39)29-21-28-13-9-6-10-14-30(37(28)35-29)27-17-18-32(40-3)33(20-27)41-4/h5-8,10-12,14,17-18,20-21,23-24,26H,9,13,15-16,19,22H2,1-4H3/b10-6-,30-14-/t23-,24-,26?/m0/s1. The molecule has 0 radical (unpaired) electrons. The van der Waals surface area contributed by atoms with Gasteiger partial charge >= 0.3 is 0 Å². The number of ether oxygens (including phenoxy) is 2. The number of rotatable bonds is 7. The summed E-state index contributed by atoms with van der Waals surface area (Å²) in [5.74, 6) is 1.84. The van der Waals surface area contributed by atoms with E-state index >= 15 is 0 Å². The molecule has 3 atom stereocenters. The molecule has 1 saturated heterocycles. The van der Waals surface area contributed by atoms with Gasteiger partial charge in [0.05, 0.1) is 19.9 Å². The molecule has 7 nitrogen and oxygen atoms in total. The Hall–Kier alpha value is -4.13. The van der Waals surface area contributed by atoms with Crippen LogP contribution in [0.1, 0.15) is 71.6 Å². The fourth-order valence-corrected chi connectivity index (χ4v) is 5.93. The maximum atomic E-state index is 14.0. The van der Waals surface area contributed by atoms with Crippen molar-refractivity contribution in [1.29, 1.82) is 0 Å². The van der Waals surface area contributed by atoms with Gasteiger partial charge in [-0.2, -0.15) is 5.10 Å². The lowest BCUT2D eigenvalue weighted by molar-refractivity contribution is 0.0664. The first-order valence-corrected chi connectivity index (χ1v) is 14.5. The molecule has 41 heavy (non-hydrogen) atoms. The van der Waals surface area contributed by atoms with Gasteiger partial charge in [-0.25, -0.2) is 4.68 Å². The van der Waals surface area contributed by atoms with Crippen molar-refractivity contribution in [2.24, 2.45) is 11.8 Å². The molecule has 0 N–H and O–H groups in total. The summed E-state index contributed by atoms with van der Waals surface area (Å²) >= 11 is 0. The highest BCUT2D eigenvalue weighted by molar-refractivity contribution is 5.96. The van der Waals surface area contributed by atoms with E-state index in [0.717, 1.165) is 48.2 Å². The number of likely N-dealkylation sites (tertiary alicyclic amines) is 1. The molecule has 2 aliphatic rings. The Balaban J connectivity index is 1.39. The largest absolute Gasteiger partial charge is 0.493 e. The number of methoxy groups -OCH3 is 2. The number of hydrogen-bond donors (Lipinski definition) is 0. The lowest BCUT2D eigenvalue weighted by atomic mass is 9.85. The predicted molar refractivity (Wildman–Crippen MR) is 160 cm³/mol. The summed E-state index contributed by atoms with van der Waals surface area (Å²) in [7, 11) is 3.24. The van der Waals surface area contributed by atoms with E-state index in [0.29, 0.717) is 30.2 Å². The van der Waals surface area contributed by atoms with Crippen molar-refractivity contribution in [3.8, 4) is 11.5 Å². The first kappa shape index (κ1) is 28.4. The normalized spacial score (nSPS) is 22.8. The lowest BCUT2D eigenvalue weighted by Crippen LogP contribution is -2.40. The van der Waals surface area contributed by atoms with Crippen molar-refractivity contribution in [2.45, 2.75) is 52.0 Å². The number of aromatic nitrogens is 2.